The lowest BCUT2D eigenvalue weighted by Gasteiger charge is -2.13. The number of nitrogens with zero attached hydrogens (tertiary/aromatic N) is 5. The third kappa shape index (κ3) is 3.80. The Morgan fingerprint density at radius 3 is 3.20 bits per heavy atom. The van der Waals surface area contributed by atoms with E-state index in [1.54, 1.807) is 16.9 Å². The number of hydrogen-bond donors (Lipinski definition) is 2. The normalized spacial score (nSPS) is 13.3. The highest BCUT2D eigenvalue weighted by molar-refractivity contribution is 5.85. The summed E-state index contributed by atoms with van der Waals surface area (Å²) in [7, 11) is 0. The Labute approximate surface area is 151 Å². The zero-order valence-electron chi connectivity index (χ0n) is 13.7. The van der Waals surface area contributed by atoms with Gasteiger partial charge < -0.3 is 10.6 Å². The Morgan fingerprint density at radius 2 is 2.32 bits per heavy atom. The first-order valence-electron chi connectivity index (χ1n) is 8.10. The van der Waals surface area contributed by atoms with E-state index in [-0.39, 0.29) is 18.3 Å². The van der Waals surface area contributed by atoms with Gasteiger partial charge in [-0.2, -0.15) is 10.2 Å². The lowest BCUT2D eigenvalue weighted by atomic mass is 10.2. The largest absolute Gasteiger partial charge is 0.352 e. The molecule has 0 saturated heterocycles. The van der Waals surface area contributed by atoms with Crippen molar-refractivity contribution in [3.05, 3.63) is 47.7 Å². The number of halogens is 1. The molecule has 0 aliphatic carbocycles. The van der Waals surface area contributed by atoms with Gasteiger partial charge in [0.2, 0.25) is 5.91 Å². The van der Waals surface area contributed by atoms with Gasteiger partial charge in [0, 0.05) is 50.4 Å². The third-order valence-corrected chi connectivity index (χ3v) is 4.16. The topological polar surface area (TPSA) is 89.1 Å². The summed E-state index contributed by atoms with van der Waals surface area (Å²) in [4.78, 5) is 16.4. The van der Waals surface area contributed by atoms with E-state index in [0.717, 1.165) is 36.5 Å². The van der Waals surface area contributed by atoms with Crippen LogP contribution >= 0.6 is 12.4 Å². The molecule has 0 bridgehead atoms. The van der Waals surface area contributed by atoms with Crippen LogP contribution in [0.5, 0.6) is 0 Å². The van der Waals surface area contributed by atoms with Crippen LogP contribution in [0.3, 0.4) is 0 Å². The second kappa shape index (κ2) is 7.62. The average Bonchev–Trinajstić information content (AvgIpc) is 3.21. The molecule has 0 fully saturated rings. The van der Waals surface area contributed by atoms with Crippen molar-refractivity contribution in [2.75, 3.05) is 6.54 Å². The summed E-state index contributed by atoms with van der Waals surface area (Å²) in [6.07, 6.45) is 6.37. The fraction of sp³-hybridized carbons (Fsp3) is 0.375. The molecule has 0 saturated carbocycles. The summed E-state index contributed by atoms with van der Waals surface area (Å²) in [5.74, 6) is 0.00868. The average molecular weight is 362 g/mol. The first kappa shape index (κ1) is 17.4. The molecule has 1 aliphatic rings. The molecule has 4 heterocycles. The first-order chi connectivity index (χ1) is 11.8. The number of aromatic nitrogens is 5. The zero-order valence-corrected chi connectivity index (χ0v) is 14.5. The van der Waals surface area contributed by atoms with Gasteiger partial charge in [-0.1, -0.05) is 0 Å². The molecular weight excluding hydrogens is 342 g/mol. The Balaban J connectivity index is 0.00000182. The van der Waals surface area contributed by atoms with Crippen LogP contribution in [-0.2, 0) is 30.8 Å². The Kier molecular flexibility index (Phi) is 5.30. The molecule has 0 spiro atoms. The minimum atomic E-state index is 0. The summed E-state index contributed by atoms with van der Waals surface area (Å²) in [6.45, 7) is 3.12. The van der Waals surface area contributed by atoms with Gasteiger partial charge in [0.15, 0.2) is 5.65 Å². The highest BCUT2D eigenvalue weighted by atomic mass is 35.5. The van der Waals surface area contributed by atoms with Crippen molar-refractivity contribution in [2.24, 2.45) is 0 Å². The summed E-state index contributed by atoms with van der Waals surface area (Å²) in [6, 6.07) is 3.90. The number of rotatable bonds is 5. The lowest BCUT2D eigenvalue weighted by molar-refractivity contribution is -0.121. The van der Waals surface area contributed by atoms with Gasteiger partial charge in [-0.05, 0) is 12.1 Å². The molecule has 4 rings (SSSR count). The van der Waals surface area contributed by atoms with Crippen molar-refractivity contribution in [1.82, 2.24) is 35.0 Å². The van der Waals surface area contributed by atoms with Gasteiger partial charge in [-0.15, -0.1) is 12.4 Å². The highest BCUT2D eigenvalue weighted by Gasteiger charge is 2.13. The summed E-state index contributed by atoms with van der Waals surface area (Å²) >= 11 is 0. The van der Waals surface area contributed by atoms with E-state index in [1.165, 1.54) is 5.69 Å². The maximum Gasteiger partial charge on any atom is 0.220 e. The van der Waals surface area contributed by atoms with Crippen LogP contribution in [0.15, 0.2) is 30.7 Å². The Morgan fingerprint density at radius 1 is 1.40 bits per heavy atom. The molecule has 1 amide bonds. The SMILES string of the molecule is Cl.O=C(CCc1cc2n(n1)CCNC2)NCc1cnn2cccnc12. The molecular formula is C16H20ClN7O. The summed E-state index contributed by atoms with van der Waals surface area (Å²) in [5.41, 5.74) is 3.84. The maximum absolute atomic E-state index is 12.1. The molecule has 3 aromatic heterocycles. The molecule has 0 unspecified atom stereocenters. The lowest BCUT2D eigenvalue weighted by Crippen LogP contribution is -2.28. The van der Waals surface area contributed by atoms with E-state index < -0.39 is 0 Å². The number of nitrogens with one attached hydrogen (secondary N) is 2. The fourth-order valence-corrected chi connectivity index (χ4v) is 2.90. The molecule has 2 N–H and O–H groups in total. The summed E-state index contributed by atoms with van der Waals surface area (Å²) < 4.78 is 3.72. The number of amides is 1. The third-order valence-electron chi connectivity index (χ3n) is 4.16. The van der Waals surface area contributed by atoms with Crippen LogP contribution < -0.4 is 10.6 Å². The minimum absolute atomic E-state index is 0. The zero-order chi connectivity index (χ0) is 16.4. The van der Waals surface area contributed by atoms with Gasteiger partial charge in [-0.3, -0.25) is 9.48 Å². The van der Waals surface area contributed by atoms with Gasteiger partial charge in [-0.25, -0.2) is 9.50 Å². The van der Waals surface area contributed by atoms with E-state index in [4.69, 9.17) is 0 Å². The molecule has 8 nitrogen and oxygen atoms in total. The minimum Gasteiger partial charge on any atom is -0.352 e. The second-order valence-electron chi connectivity index (χ2n) is 5.86. The van der Waals surface area contributed by atoms with E-state index >= 15 is 0 Å². The molecule has 0 radical (unpaired) electrons. The number of hydrogen-bond acceptors (Lipinski definition) is 5. The van der Waals surface area contributed by atoms with Gasteiger partial charge in [0.25, 0.3) is 0 Å². The monoisotopic (exact) mass is 361 g/mol. The summed E-state index contributed by atoms with van der Waals surface area (Å²) in [5, 5.41) is 15.0. The van der Waals surface area contributed by atoms with Crippen LogP contribution in [0.4, 0.5) is 0 Å². The van der Waals surface area contributed by atoms with Crippen LogP contribution in [0.2, 0.25) is 0 Å². The Bertz CT molecular complexity index is 849. The maximum atomic E-state index is 12.1. The first-order valence-corrected chi connectivity index (χ1v) is 8.10. The van der Waals surface area contributed by atoms with E-state index in [9.17, 15) is 4.79 Å². The number of carbonyl (C=O) groups is 1. The quantitative estimate of drug-likeness (QED) is 0.698. The number of aryl methyl sites for hydroxylation is 1. The van der Waals surface area contributed by atoms with Crippen LogP contribution in [0, 0.1) is 0 Å². The van der Waals surface area contributed by atoms with Crippen molar-refractivity contribution in [3.63, 3.8) is 0 Å². The Hall–Kier alpha value is -2.45. The molecule has 0 aromatic carbocycles. The molecule has 1 aliphatic heterocycles. The van der Waals surface area contributed by atoms with Crippen molar-refractivity contribution < 1.29 is 4.79 Å². The smallest absolute Gasteiger partial charge is 0.220 e. The van der Waals surface area contributed by atoms with E-state index in [1.807, 2.05) is 16.9 Å². The van der Waals surface area contributed by atoms with Crippen molar-refractivity contribution in [3.8, 4) is 0 Å². The van der Waals surface area contributed by atoms with Gasteiger partial charge >= 0.3 is 0 Å². The molecule has 132 valence electrons. The number of carbonyl (C=O) groups excluding carboxylic acids is 1. The van der Waals surface area contributed by atoms with E-state index in [2.05, 4.69) is 31.9 Å². The highest BCUT2D eigenvalue weighted by Crippen LogP contribution is 2.10. The second-order valence-corrected chi connectivity index (χ2v) is 5.86. The van der Waals surface area contributed by atoms with Gasteiger partial charge in [0.1, 0.15) is 0 Å². The van der Waals surface area contributed by atoms with E-state index in [0.29, 0.717) is 19.4 Å². The number of fused-ring (bicyclic) bond motifs is 2. The van der Waals surface area contributed by atoms with Crippen molar-refractivity contribution in [1.29, 1.82) is 0 Å². The van der Waals surface area contributed by atoms with Crippen molar-refractivity contribution in [2.45, 2.75) is 32.5 Å². The van der Waals surface area contributed by atoms with Crippen LogP contribution in [0.25, 0.3) is 5.65 Å². The predicted octanol–water partition coefficient (Wildman–Crippen LogP) is 0.700. The van der Waals surface area contributed by atoms with Crippen LogP contribution in [-0.4, -0.2) is 36.8 Å². The molecule has 0 atom stereocenters. The standard InChI is InChI=1S/C16H19N7O.ClH/c24-15(3-2-13-8-14-11-17-5-7-22(14)21-13)19-9-12-10-20-23-6-1-4-18-16(12)23;/h1,4,6,8,10,17H,2-3,5,7,9,11H2,(H,19,24);1H. The predicted molar refractivity (Wildman–Crippen MR) is 94.3 cm³/mol. The molecule has 3 aromatic rings. The van der Waals surface area contributed by atoms with Gasteiger partial charge in [0.05, 0.1) is 24.1 Å². The van der Waals surface area contributed by atoms with Crippen LogP contribution in [0.1, 0.15) is 23.4 Å². The van der Waals surface area contributed by atoms with Crippen molar-refractivity contribution >= 4 is 24.0 Å². The molecule has 25 heavy (non-hydrogen) atoms. The fourth-order valence-electron chi connectivity index (χ4n) is 2.90. The molecule has 9 heteroatoms.